The van der Waals surface area contributed by atoms with Crippen molar-refractivity contribution < 1.29 is 4.79 Å². The molecule has 1 heteroatoms. The monoisotopic (exact) mass is 216 g/mol. The second-order valence-corrected chi connectivity index (χ2v) is 5.54. The third-order valence-electron chi connectivity index (χ3n) is 3.85. The summed E-state index contributed by atoms with van der Waals surface area (Å²) in [6.07, 6.45) is 2.78. The maximum absolute atomic E-state index is 12.1. The normalized spacial score (nSPS) is 17.2. The molecule has 0 amide bonds. The Labute approximate surface area is 97.9 Å². The van der Waals surface area contributed by atoms with E-state index in [1.54, 1.807) is 0 Å². The van der Waals surface area contributed by atoms with Crippen LogP contribution in [-0.4, -0.2) is 5.78 Å². The summed E-state index contributed by atoms with van der Waals surface area (Å²) in [6.45, 7) is 8.41. The number of ketones is 1. The first-order valence-electron chi connectivity index (χ1n) is 6.02. The molecule has 1 fully saturated rings. The molecule has 1 nitrogen and oxygen atoms in total. The highest BCUT2D eigenvalue weighted by Gasteiger charge is 2.44. The van der Waals surface area contributed by atoms with Crippen molar-refractivity contribution in [2.75, 3.05) is 0 Å². The Kier molecular flexibility index (Phi) is 2.65. The maximum atomic E-state index is 12.1. The maximum Gasteiger partial charge on any atom is 0.143 e. The van der Waals surface area contributed by atoms with Crippen molar-refractivity contribution in [2.24, 2.45) is 5.41 Å². The van der Waals surface area contributed by atoms with Gasteiger partial charge in [-0.1, -0.05) is 24.6 Å². The zero-order valence-electron chi connectivity index (χ0n) is 10.7. The highest BCUT2D eigenvalue weighted by Crippen LogP contribution is 2.46. The largest absolute Gasteiger partial charge is 0.299 e. The molecule has 0 N–H and O–H groups in total. The first-order chi connectivity index (χ1) is 7.42. The van der Waals surface area contributed by atoms with Gasteiger partial charge >= 0.3 is 0 Å². The van der Waals surface area contributed by atoms with Gasteiger partial charge in [0.15, 0.2) is 0 Å². The molecule has 1 aliphatic carbocycles. The molecule has 0 bridgehead atoms. The summed E-state index contributed by atoms with van der Waals surface area (Å²) in [4.78, 5) is 12.1. The molecule has 16 heavy (non-hydrogen) atoms. The SMILES string of the molecule is Cc1cc(C)c(CC(=O)C2(C)CC2)c(C)c1. The van der Waals surface area contributed by atoms with Crippen molar-refractivity contribution in [3.8, 4) is 0 Å². The van der Waals surface area contributed by atoms with Crippen LogP contribution in [0.5, 0.6) is 0 Å². The molecule has 2 rings (SSSR count). The molecule has 0 heterocycles. The van der Waals surface area contributed by atoms with E-state index >= 15 is 0 Å². The summed E-state index contributed by atoms with van der Waals surface area (Å²) in [5.41, 5.74) is 5.04. The van der Waals surface area contributed by atoms with Crippen molar-refractivity contribution >= 4 is 5.78 Å². The molecule has 1 aromatic carbocycles. The lowest BCUT2D eigenvalue weighted by Crippen LogP contribution is -2.15. The van der Waals surface area contributed by atoms with Crippen LogP contribution in [0.1, 0.15) is 42.0 Å². The fraction of sp³-hybridized carbons (Fsp3) is 0.533. The van der Waals surface area contributed by atoms with Crippen molar-refractivity contribution in [1.82, 2.24) is 0 Å². The second kappa shape index (κ2) is 3.73. The summed E-state index contributed by atoms with van der Waals surface area (Å²) >= 11 is 0. The molecule has 1 saturated carbocycles. The number of hydrogen-bond acceptors (Lipinski definition) is 1. The molecule has 0 radical (unpaired) electrons. The van der Waals surface area contributed by atoms with E-state index in [1.807, 2.05) is 0 Å². The third kappa shape index (κ3) is 2.04. The predicted molar refractivity (Wildman–Crippen MR) is 66.7 cm³/mol. The van der Waals surface area contributed by atoms with Gasteiger partial charge in [-0.25, -0.2) is 0 Å². The lowest BCUT2D eigenvalue weighted by molar-refractivity contribution is -0.122. The summed E-state index contributed by atoms with van der Waals surface area (Å²) in [5, 5.41) is 0. The van der Waals surface area contributed by atoms with Crippen LogP contribution in [0.2, 0.25) is 0 Å². The Hall–Kier alpha value is -1.11. The summed E-state index contributed by atoms with van der Waals surface area (Å²) in [6, 6.07) is 4.34. The van der Waals surface area contributed by atoms with Gasteiger partial charge in [0.25, 0.3) is 0 Å². The Morgan fingerprint density at radius 2 is 1.69 bits per heavy atom. The Bertz CT molecular complexity index is 416. The minimum Gasteiger partial charge on any atom is -0.299 e. The van der Waals surface area contributed by atoms with Crippen molar-refractivity contribution in [1.29, 1.82) is 0 Å². The van der Waals surface area contributed by atoms with Gasteiger partial charge in [0.05, 0.1) is 0 Å². The van der Waals surface area contributed by atoms with Crippen LogP contribution in [0.3, 0.4) is 0 Å². The van der Waals surface area contributed by atoms with Crippen LogP contribution in [0.15, 0.2) is 12.1 Å². The van der Waals surface area contributed by atoms with Gasteiger partial charge in [0, 0.05) is 11.8 Å². The van der Waals surface area contributed by atoms with Crippen LogP contribution in [0.4, 0.5) is 0 Å². The van der Waals surface area contributed by atoms with Crippen LogP contribution in [-0.2, 0) is 11.2 Å². The molecule has 1 aromatic rings. The minimum atomic E-state index is 0.00374. The molecular weight excluding hydrogens is 196 g/mol. The highest BCUT2D eigenvalue weighted by atomic mass is 16.1. The number of benzene rings is 1. The van der Waals surface area contributed by atoms with Gasteiger partial charge in [-0.2, -0.15) is 0 Å². The average molecular weight is 216 g/mol. The summed E-state index contributed by atoms with van der Waals surface area (Å²) < 4.78 is 0. The van der Waals surface area contributed by atoms with E-state index in [4.69, 9.17) is 0 Å². The summed E-state index contributed by atoms with van der Waals surface area (Å²) in [7, 11) is 0. The first kappa shape index (κ1) is 11.4. The molecule has 0 aliphatic heterocycles. The minimum absolute atomic E-state index is 0.00374. The topological polar surface area (TPSA) is 17.1 Å². The second-order valence-electron chi connectivity index (χ2n) is 5.54. The van der Waals surface area contributed by atoms with E-state index in [0.29, 0.717) is 12.2 Å². The lowest BCUT2D eigenvalue weighted by Gasteiger charge is -2.13. The number of carbonyl (C=O) groups is 1. The smallest absolute Gasteiger partial charge is 0.143 e. The van der Waals surface area contributed by atoms with Crippen LogP contribution in [0, 0.1) is 26.2 Å². The Morgan fingerprint density at radius 3 is 2.12 bits per heavy atom. The molecule has 0 saturated heterocycles. The van der Waals surface area contributed by atoms with Crippen LogP contribution < -0.4 is 0 Å². The van der Waals surface area contributed by atoms with Gasteiger partial charge in [-0.05, 0) is 50.3 Å². The molecular formula is C15H20O. The molecule has 1 aliphatic rings. The van der Waals surface area contributed by atoms with E-state index in [0.717, 1.165) is 12.8 Å². The quantitative estimate of drug-likeness (QED) is 0.755. The zero-order valence-corrected chi connectivity index (χ0v) is 10.7. The van der Waals surface area contributed by atoms with Gasteiger partial charge in [0.2, 0.25) is 0 Å². The van der Waals surface area contributed by atoms with Gasteiger partial charge in [-0.15, -0.1) is 0 Å². The van der Waals surface area contributed by atoms with Crippen LogP contribution >= 0.6 is 0 Å². The average Bonchev–Trinajstić information content (AvgIpc) is 2.91. The Morgan fingerprint density at radius 1 is 1.19 bits per heavy atom. The van der Waals surface area contributed by atoms with Gasteiger partial charge in [-0.3, -0.25) is 4.79 Å². The number of hydrogen-bond donors (Lipinski definition) is 0. The standard InChI is InChI=1S/C15H20O/c1-10-7-11(2)13(12(3)8-10)9-14(16)15(4)5-6-15/h7-8H,5-6,9H2,1-4H3. The molecule has 0 aromatic heterocycles. The van der Waals surface area contributed by atoms with Gasteiger partial charge < -0.3 is 0 Å². The number of rotatable bonds is 3. The van der Waals surface area contributed by atoms with E-state index in [-0.39, 0.29) is 5.41 Å². The fourth-order valence-electron chi connectivity index (χ4n) is 2.33. The molecule has 0 spiro atoms. The predicted octanol–water partition coefficient (Wildman–Crippen LogP) is 3.52. The van der Waals surface area contributed by atoms with Crippen molar-refractivity contribution in [3.05, 3.63) is 34.4 Å². The van der Waals surface area contributed by atoms with E-state index in [1.165, 1.54) is 22.3 Å². The van der Waals surface area contributed by atoms with E-state index in [2.05, 4.69) is 39.8 Å². The van der Waals surface area contributed by atoms with Crippen molar-refractivity contribution in [2.45, 2.75) is 47.0 Å². The number of aryl methyl sites for hydroxylation is 3. The van der Waals surface area contributed by atoms with E-state index in [9.17, 15) is 4.79 Å². The van der Waals surface area contributed by atoms with E-state index < -0.39 is 0 Å². The van der Waals surface area contributed by atoms with Crippen molar-refractivity contribution in [3.63, 3.8) is 0 Å². The molecule has 0 unspecified atom stereocenters. The van der Waals surface area contributed by atoms with Gasteiger partial charge in [0.1, 0.15) is 5.78 Å². The Balaban J connectivity index is 2.24. The molecule has 0 atom stereocenters. The zero-order chi connectivity index (χ0) is 11.9. The third-order valence-corrected chi connectivity index (χ3v) is 3.85. The lowest BCUT2D eigenvalue weighted by atomic mass is 9.91. The number of carbonyl (C=O) groups excluding carboxylic acids is 1. The van der Waals surface area contributed by atoms with Crippen LogP contribution in [0.25, 0.3) is 0 Å². The summed E-state index contributed by atoms with van der Waals surface area (Å²) in [5.74, 6) is 0.419. The highest BCUT2D eigenvalue weighted by molar-refractivity contribution is 5.89. The first-order valence-corrected chi connectivity index (χ1v) is 6.02. The molecule has 86 valence electrons. The number of Topliss-reactive ketones (excluding diaryl/α,β-unsaturated/α-hetero) is 1. The fourth-order valence-corrected chi connectivity index (χ4v) is 2.33.